The first-order chi connectivity index (χ1) is 18.4. The van der Waals surface area contributed by atoms with E-state index in [0.29, 0.717) is 11.1 Å². The molecule has 5 rings (SSSR count). The second-order valence-corrected chi connectivity index (χ2v) is 9.06. The Morgan fingerprint density at radius 3 is 2.33 bits per heavy atom. The summed E-state index contributed by atoms with van der Waals surface area (Å²) >= 11 is 0. The Hall–Kier alpha value is -4.23. The van der Waals surface area contributed by atoms with Crippen LogP contribution in [-0.4, -0.2) is 51.2 Å². The molecule has 0 unspecified atom stereocenters. The zero-order valence-corrected chi connectivity index (χ0v) is 20.7. The van der Waals surface area contributed by atoms with Gasteiger partial charge in [0.15, 0.2) is 0 Å². The van der Waals surface area contributed by atoms with Crippen molar-refractivity contribution >= 4 is 16.8 Å². The minimum Gasteiger partial charge on any atom is -0.496 e. The molecule has 39 heavy (non-hydrogen) atoms. The van der Waals surface area contributed by atoms with Gasteiger partial charge in [-0.1, -0.05) is 0 Å². The molecule has 1 fully saturated rings. The summed E-state index contributed by atoms with van der Waals surface area (Å²) in [7, 11) is 4.30. The molecule has 14 heteroatoms. The molecule has 8 nitrogen and oxygen atoms in total. The summed E-state index contributed by atoms with van der Waals surface area (Å²) in [5.74, 6) is -5.19. The lowest BCUT2D eigenvalue weighted by Crippen LogP contribution is -2.30. The summed E-state index contributed by atoms with van der Waals surface area (Å²) in [6, 6.07) is 3.71. The first kappa shape index (κ1) is 26.4. The van der Waals surface area contributed by atoms with Crippen LogP contribution in [0.25, 0.3) is 33.3 Å². The SMILES string of the molecule is COc1cc(-c2c3c(C(F)F)cc(-c4cnn(C)c4)cc3nn2C)cc(OC(F)F)c1C(=O)N[C@@H]1CC1(F)F. The number of benzene rings is 2. The maximum atomic E-state index is 14.3. The third-order valence-corrected chi connectivity index (χ3v) is 6.37. The molecule has 1 atom stereocenters. The number of halogens is 6. The molecule has 0 radical (unpaired) electrons. The summed E-state index contributed by atoms with van der Waals surface area (Å²) in [4.78, 5) is 12.8. The zero-order valence-electron chi connectivity index (χ0n) is 20.7. The standard InChI is InChI=1S/C25H21F6N5O3/c1-35-10-13(9-32-35)11-4-14(22(26)27)19-15(5-11)34-36(2)21(19)12-6-16(38-3)20(17(7-12)39-24(28)29)23(37)33-18-8-25(18,30)31/h4-7,9-10,18,22,24H,8H2,1-3H3,(H,33,37)/t18-/m1/s1. The minimum atomic E-state index is -3.39. The number of methoxy groups -OCH3 is 1. The van der Waals surface area contributed by atoms with Crippen molar-refractivity contribution < 1.29 is 40.6 Å². The van der Waals surface area contributed by atoms with Gasteiger partial charge in [0.05, 0.1) is 30.6 Å². The van der Waals surface area contributed by atoms with Crippen LogP contribution in [0.2, 0.25) is 0 Å². The number of ether oxygens (including phenoxy) is 2. The number of rotatable bonds is 8. The molecule has 1 amide bonds. The second-order valence-electron chi connectivity index (χ2n) is 9.06. The van der Waals surface area contributed by atoms with E-state index in [1.807, 2.05) is 0 Å². The smallest absolute Gasteiger partial charge is 0.387 e. The van der Waals surface area contributed by atoms with Gasteiger partial charge in [-0.2, -0.15) is 19.0 Å². The molecule has 0 bridgehead atoms. The second kappa shape index (κ2) is 9.50. The van der Waals surface area contributed by atoms with E-state index in [-0.39, 0.29) is 33.5 Å². The Kier molecular flexibility index (Phi) is 6.43. The molecule has 2 heterocycles. The van der Waals surface area contributed by atoms with E-state index >= 15 is 0 Å². The van der Waals surface area contributed by atoms with Crippen molar-refractivity contribution in [1.29, 1.82) is 0 Å². The third kappa shape index (κ3) is 4.86. The Labute approximate surface area is 217 Å². The highest BCUT2D eigenvalue weighted by molar-refractivity contribution is 6.03. The number of hydrogen-bond donors (Lipinski definition) is 1. The number of amides is 1. The number of hydrogen-bond acceptors (Lipinski definition) is 5. The predicted octanol–water partition coefficient (Wildman–Crippen LogP) is 5.33. The highest BCUT2D eigenvalue weighted by Crippen LogP contribution is 2.44. The molecule has 1 saturated carbocycles. The van der Waals surface area contributed by atoms with Gasteiger partial charge < -0.3 is 14.8 Å². The third-order valence-electron chi connectivity index (χ3n) is 6.37. The van der Waals surface area contributed by atoms with Crippen LogP contribution in [0, 0.1) is 0 Å². The topological polar surface area (TPSA) is 83.2 Å². The Morgan fingerprint density at radius 2 is 1.77 bits per heavy atom. The summed E-state index contributed by atoms with van der Waals surface area (Å²) in [6.07, 6.45) is -0.361. The predicted molar refractivity (Wildman–Crippen MR) is 127 cm³/mol. The maximum Gasteiger partial charge on any atom is 0.387 e. The van der Waals surface area contributed by atoms with Crippen LogP contribution in [0.3, 0.4) is 0 Å². The fraction of sp³-hybridized carbons (Fsp3) is 0.320. The number of alkyl halides is 6. The lowest BCUT2D eigenvalue weighted by atomic mass is 9.97. The van der Waals surface area contributed by atoms with Crippen molar-refractivity contribution in [2.24, 2.45) is 14.1 Å². The lowest BCUT2D eigenvalue weighted by Gasteiger charge is -2.17. The number of fused-ring (bicyclic) bond motifs is 1. The average Bonchev–Trinajstić information content (AvgIpc) is 3.15. The number of carbonyl (C=O) groups excluding carboxylic acids is 1. The van der Waals surface area contributed by atoms with E-state index < -0.39 is 48.6 Å². The van der Waals surface area contributed by atoms with Gasteiger partial charge in [0.25, 0.3) is 18.3 Å². The average molecular weight is 553 g/mol. The zero-order chi connectivity index (χ0) is 28.2. The number of nitrogens with one attached hydrogen (secondary N) is 1. The van der Waals surface area contributed by atoms with Gasteiger partial charge in [-0.3, -0.25) is 14.2 Å². The number of nitrogens with zero attached hydrogens (tertiary/aromatic N) is 4. The van der Waals surface area contributed by atoms with Crippen LogP contribution in [-0.2, 0) is 14.1 Å². The van der Waals surface area contributed by atoms with Crippen LogP contribution in [0.15, 0.2) is 36.7 Å². The fourth-order valence-electron chi connectivity index (χ4n) is 4.50. The molecule has 4 aromatic rings. The summed E-state index contributed by atoms with van der Waals surface area (Å²) in [5.41, 5.74) is 0.481. The fourth-order valence-corrected chi connectivity index (χ4v) is 4.50. The van der Waals surface area contributed by atoms with Gasteiger partial charge in [0.1, 0.15) is 17.1 Å². The number of carbonyl (C=O) groups is 1. The molecule has 2 aromatic carbocycles. The minimum absolute atomic E-state index is 0.0417. The van der Waals surface area contributed by atoms with E-state index in [2.05, 4.69) is 20.3 Å². The molecule has 206 valence electrons. The van der Waals surface area contributed by atoms with Gasteiger partial charge in [-0.25, -0.2) is 17.6 Å². The van der Waals surface area contributed by atoms with Gasteiger partial charge in [-0.15, -0.1) is 0 Å². The lowest BCUT2D eigenvalue weighted by molar-refractivity contribution is -0.0502. The quantitative estimate of drug-likeness (QED) is 0.299. The van der Waals surface area contributed by atoms with Crippen LogP contribution >= 0.6 is 0 Å². The van der Waals surface area contributed by atoms with Gasteiger partial charge in [0.2, 0.25) is 0 Å². The van der Waals surface area contributed by atoms with Crippen LogP contribution in [0.4, 0.5) is 26.3 Å². The first-order valence-corrected chi connectivity index (χ1v) is 11.5. The molecule has 2 aromatic heterocycles. The largest absolute Gasteiger partial charge is 0.496 e. The van der Waals surface area contributed by atoms with Crippen LogP contribution in [0.5, 0.6) is 11.5 Å². The monoisotopic (exact) mass is 553 g/mol. The Balaban J connectivity index is 1.68. The summed E-state index contributed by atoms with van der Waals surface area (Å²) in [5, 5.41) is 10.5. The molecule has 1 aliphatic rings. The summed E-state index contributed by atoms with van der Waals surface area (Å²) in [6.45, 7) is -3.39. The van der Waals surface area contributed by atoms with Crippen LogP contribution in [0.1, 0.15) is 28.8 Å². The summed E-state index contributed by atoms with van der Waals surface area (Å²) < 4.78 is 94.7. The molecule has 0 spiro atoms. The van der Waals surface area contributed by atoms with E-state index in [1.165, 1.54) is 34.7 Å². The van der Waals surface area contributed by atoms with Crippen molar-refractivity contribution in [3.8, 4) is 33.9 Å². The normalized spacial score (nSPS) is 16.2. The number of aromatic nitrogens is 4. The highest BCUT2D eigenvalue weighted by atomic mass is 19.3. The van der Waals surface area contributed by atoms with E-state index in [0.717, 1.165) is 13.2 Å². The van der Waals surface area contributed by atoms with Crippen molar-refractivity contribution in [1.82, 2.24) is 24.9 Å². The van der Waals surface area contributed by atoms with Gasteiger partial charge in [0, 0.05) is 48.8 Å². The van der Waals surface area contributed by atoms with E-state index in [9.17, 15) is 31.1 Å². The van der Waals surface area contributed by atoms with Crippen LogP contribution < -0.4 is 14.8 Å². The Bertz CT molecular complexity index is 1580. The maximum absolute atomic E-state index is 14.3. The molecule has 1 aliphatic carbocycles. The Morgan fingerprint density at radius 1 is 1.08 bits per heavy atom. The first-order valence-electron chi connectivity index (χ1n) is 11.5. The molecule has 0 aliphatic heterocycles. The molecular formula is C25H21F6N5O3. The van der Waals surface area contributed by atoms with Crippen molar-refractivity contribution in [3.63, 3.8) is 0 Å². The van der Waals surface area contributed by atoms with Crippen molar-refractivity contribution in [3.05, 3.63) is 47.8 Å². The molecule has 0 saturated heterocycles. The molecule has 1 N–H and O–H groups in total. The molecular weight excluding hydrogens is 532 g/mol. The highest BCUT2D eigenvalue weighted by Gasteiger charge is 2.58. The van der Waals surface area contributed by atoms with Gasteiger partial charge >= 0.3 is 6.61 Å². The van der Waals surface area contributed by atoms with Gasteiger partial charge in [-0.05, 0) is 29.8 Å². The van der Waals surface area contributed by atoms with E-state index in [1.54, 1.807) is 19.3 Å². The number of aryl methyl sites for hydroxylation is 2. The van der Waals surface area contributed by atoms with E-state index in [4.69, 9.17) is 4.74 Å². The van der Waals surface area contributed by atoms with Crippen molar-refractivity contribution in [2.45, 2.75) is 31.4 Å². The van der Waals surface area contributed by atoms with Crippen molar-refractivity contribution in [2.75, 3.05) is 7.11 Å².